The molecule has 1 aliphatic heterocycles. The van der Waals surface area contributed by atoms with E-state index in [4.69, 9.17) is 4.74 Å². The molecule has 0 bridgehead atoms. The zero-order valence-corrected chi connectivity index (χ0v) is 9.27. The van der Waals surface area contributed by atoms with Crippen LogP contribution in [0.25, 0.3) is 0 Å². The predicted molar refractivity (Wildman–Crippen MR) is 61.7 cm³/mol. The van der Waals surface area contributed by atoms with E-state index in [1.54, 1.807) is 0 Å². The van der Waals surface area contributed by atoms with Crippen molar-refractivity contribution < 1.29 is 9.53 Å². The van der Waals surface area contributed by atoms with Gasteiger partial charge in [-0.1, -0.05) is 30.3 Å². The summed E-state index contributed by atoms with van der Waals surface area (Å²) in [5, 5.41) is 2.93. The number of hydrogen-bond donors (Lipinski definition) is 1. The van der Waals surface area contributed by atoms with Crippen LogP contribution in [0.1, 0.15) is 24.9 Å². The van der Waals surface area contributed by atoms with Crippen LogP contribution in [-0.4, -0.2) is 12.5 Å². The normalized spacial score (nSPS) is 19.9. The third-order valence-corrected chi connectivity index (χ3v) is 2.55. The van der Waals surface area contributed by atoms with Crippen LogP contribution in [0.15, 0.2) is 42.2 Å². The van der Waals surface area contributed by atoms with E-state index in [0.29, 0.717) is 6.61 Å². The molecule has 0 saturated heterocycles. The molecule has 1 aliphatic rings. The van der Waals surface area contributed by atoms with Crippen molar-refractivity contribution in [2.75, 3.05) is 6.61 Å². The lowest BCUT2D eigenvalue weighted by molar-refractivity contribution is -0.118. The lowest BCUT2D eigenvalue weighted by Gasteiger charge is -2.24. The maximum atomic E-state index is 11.5. The van der Waals surface area contributed by atoms with Crippen LogP contribution >= 0.6 is 0 Å². The van der Waals surface area contributed by atoms with Crippen molar-refractivity contribution >= 4 is 5.91 Å². The molecular formula is C13H15NO2. The van der Waals surface area contributed by atoms with Gasteiger partial charge in [0, 0.05) is 12.5 Å². The molecule has 0 aliphatic carbocycles. The molecule has 1 heterocycles. The fourth-order valence-corrected chi connectivity index (χ4v) is 1.84. The topological polar surface area (TPSA) is 38.3 Å². The van der Waals surface area contributed by atoms with Gasteiger partial charge in [-0.25, -0.2) is 0 Å². The van der Waals surface area contributed by atoms with Crippen LogP contribution in [-0.2, 0) is 9.53 Å². The van der Waals surface area contributed by atoms with Crippen LogP contribution in [0, 0.1) is 0 Å². The van der Waals surface area contributed by atoms with Crippen molar-refractivity contribution in [2.45, 2.75) is 19.4 Å². The standard InChI is InChI=1S/C13H15NO2/c1-2-16-11-8-12(14-13(15)9-11)10-6-4-3-5-7-10/h3-7,9,12H,2,8H2,1H3,(H,14,15)/t12-/m0/s1. The number of amides is 1. The molecular weight excluding hydrogens is 202 g/mol. The van der Waals surface area contributed by atoms with Crippen LogP contribution in [0.4, 0.5) is 0 Å². The van der Waals surface area contributed by atoms with Crippen LogP contribution in [0.5, 0.6) is 0 Å². The maximum Gasteiger partial charge on any atom is 0.247 e. The van der Waals surface area contributed by atoms with Gasteiger partial charge in [-0.15, -0.1) is 0 Å². The highest BCUT2D eigenvalue weighted by Crippen LogP contribution is 2.24. The highest BCUT2D eigenvalue weighted by Gasteiger charge is 2.21. The summed E-state index contributed by atoms with van der Waals surface area (Å²) in [6.07, 6.45) is 2.26. The van der Waals surface area contributed by atoms with Crippen molar-refractivity contribution in [3.8, 4) is 0 Å². The molecule has 0 saturated carbocycles. The molecule has 1 aromatic carbocycles. The number of ether oxygens (including phenoxy) is 1. The first kappa shape index (κ1) is 10.7. The number of carbonyl (C=O) groups is 1. The van der Waals surface area contributed by atoms with E-state index in [2.05, 4.69) is 5.32 Å². The number of hydrogen-bond acceptors (Lipinski definition) is 2. The zero-order valence-electron chi connectivity index (χ0n) is 9.27. The third-order valence-electron chi connectivity index (χ3n) is 2.55. The van der Waals surface area contributed by atoms with Crippen molar-refractivity contribution in [1.29, 1.82) is 0 Å². The van der Waals surface area contributed by atoms with E-state index in [1.165, 1.54) is 6.08 Å². The van der Waals surface area contributed by atoms with Gasteiger partial charge in [0.05, 0.1) is 12.6 Å². The van der Waals surface area contributed by atoms with Crippen LogP contribution in [0.3, 0.4) is 0 Å². The Morgan fingerprint density at radius 3 is 2.81 bits per heavy atom. The lowest BCUT2D eigenvalue weighted by Crippen LogP contribution is -2.31. The zero-order chi connectivity index (χ0) is 11.4. The third kappa shape index (κ3) is 2.42. The summed E-state index contributed by atoms with van der Waals surface area (Å²) in [6, 6.07) is 9.97. The second kappa shape index (κ2) is 4.84. The molecule has 0 unspecified atom stereocenters. The fourth-order valence-electron chi connectivity index (χ4n) is 1.84. The van der Waals surface area contributed by atoms with Gasteiger partial charge in [0.15, 0.2) is 0 Å². The van der Waals surface area contributed by atoms with Gasteiger partial charge >= 0.3 is 0 Å². The molecule has 1 amide bonds. The predicted octanol–water partition coefficient (Wildman–Crippen LogP) is 2.17. The molecule has 3 heteroatoms. The van der Waals surface area contributed by atoms with E-state index >= 15 is 0 Å². The lowest BCUT2D eigenvalue weighted by atomic mass is 10.00. The second-order valence-electron chi connectivity index (χ2n) is 3.72. The number of carbonyl (C=O) groups excluding carboxylic acids is 1. The summed E-state index contributed by atoms with van der Waals surface area (Å²) in [5.41, 5.74) is 1.11. The first-order chi connectivity index (χ1) is 7.79. The summed E-state index contributed by atoms with van der Waals surface area (Å²) in [7, 11) is 0. The molecule has 16 heavy (non-hydrogen) atoms. The van der Waals surface area contributed by atoms with Crippen LogP contribution in [0.2, 0.25) is 0 Å². The van der Waals surface area contributed by atoms with Gasteiger partial charge in [-0.2, -0.15) is 0 Å². The Kier molecular flexibility index (Phi) is 3.25. The maximum absolute atomic E-state index is 11.5. The van der Waals surface area contributed by atoms with Crippen molar-refractivity contribution in [3.63, 3.8) is 0 Å². The van der Waals surface area contributed by atoms with Gasteiger partial charge in [0.2, 0.25) is 5.91 Å². The minimum atomic E-state index is -0.0800. The van der Waals surface area contributed by atoms with Gasteiger partial charge in [-0.3, -0.25) is 4.79 Å². The monoisotopic (exact) mass is 217 g/mol. The molecule has 0 fully saturated rings. The average molecular weight is 217 g/mol. The second-order valence-corrected chi connectivity index (χ2v) is 3.72. The Morgan fingerprint density at radius 2 is 2.12 bits per heavy atom. The Morgan fingerprint density at radius 1 is 1.38 bits per heavy atom. The van der Waals surface area contributed by atoms with E-state index in [-0.39, 0.29) is 11.9 Å². The smallest absolute Gasteiger partial charge is 0.247 e. The molecule has 2 rings (SSSR count). The highest BCUT2D eigenvalue weighted by atomic mass is 16.5. The first-order valence-corrected chi connectivity index (χ1v) is 5.48. The van der Waals surface area contributed by atoms with Gasteiger partial charge < -0.3 is 10.1 Å². The van der Waals surface area contributed by atoms with E-state index in [0.717, 1.165) is 17.7 Å². The average Bonchev–Trinajstić information content (AvgIpc) is 2.30. The fraction of sp³-hybridized carbons (Fsp3) is 0.308. The minimum Gasteiger partial charge on any atom is -0.498 e. The Labute approximate surface area is 95.1 Å². The summed E-state index contributed by atoms with van der Waals surface area (Å²) >= 11 is 0. The number of nitrogens with one attached hydrogen (secondary N) is 1. The Balaban J connectivity index is 2.15. The number of rotatable bonds is 3. The summed E-state index contributed by atoms with van der Waals surface area (Å²) < 4.78 is 5.41. The van der Waals surface area contributed by atoms with Crippen molar-refractivity contribution in [1.82, 2.24) is 5.32 Å². The molecule has 0 radical (unpaired) electrons. The molecule has 1 N–H and O–H groups in total. The number of benzene rings is 1. The van der Waals surface area contributed by atoms with E-state index < -0.39 is 0 Å². The minimum absolute atomic E-state index is 0.0280. The summed E-state index contributed by atoms with van der Waals surface area (Å²) in [6.45, 7) is 2.52. The molecule has 1 aromatic rings. The van der Waals surface area contributed by atoms with E-state index in [9.17, 15) is 4.79 Å². The van der Waals surface area contributed by atoms with Crippen molar-refractivity contribution in [3.05, 3.63) is 47.7 Å². The highest BCUT2D eigenvalue weighted by molar-refractivity contribution is 5.89. The van der Waals surface area contributed by atoms with Crippen molar-refractivity contribution in [2.24, 2.45) is 0 Å². The SMILES string of the molecule is CCOC1=CC(=O)N[C@H](c2ccccc2)C1. The summed E-state index contributed by atoms with van der Waals surface area (Å²) in [5.74, 6) is 0.684. The summed E-state index contributed by atoms with van der Waals surface area (Å²) in [4.78, 5) is 11.5. The quantitative estimate of drug-likeness (QED) is 0.842. The van der Waals surface area contributed by atoms with E-state index in [1.807, 2.05) is 37.3 Å². The molecule has 1 atom stereocenters. The Hall–Kier alpha value is -1.77. The molecule has 84 valence electrons. The molecule has 0 spiro atoms. The van der Waals surface area contributed by atoms with Gasteiger partial charge in [0.25, 0.3) is 0 Å². The largest absolute Gasteiger partial charge is 0.498 e. The first-order valence-electron chi connectivity index (χ1n) is 5.48. The van der Waals surface area contributed by atoms with Crippen LogP contribution < -0.4 is 5.32 Å². The van der Waals surface area contributed by atoms with Gasteiger partial charge in [-0.05, 0) is 12.5 Å². The Bertz CT molecular complexity index is 398. The molecule has 3 nitrogen and oxygen atoms in total. The van der Waals surface area contributed by atoms with Gasteiger partial charge in [0.1, 0.15) is 5.76 Å². The molecule has 0 aromatic heterocycles.